The van der Waals surface area contributed by atoms with Gasteiger partial charge in [0.15, 0.2) is 0 Å². The fourth-order valence-electron chi connectivity index (χ4n) is 2.17. The topological polar surface area (TPSA) is 21.3 Å². The lowest BCUT2D eigenvalue weighted by atomic mass is 10.1. The van der Waals surface area contributed by atoms with Gasteiger partial charge in [0.2, 0.25) is 0 Å². The number of hydrogen-bond donors (Lipinski definition) is 1. The average molecular weight is 219 g/mol. The number of aryl methyl sites for hydroxylation is 1. The number of nitrogens with one attached hydrogen (secondary N) is 1. The molecule has 1 fully saturated rings. The molecule has 1 aliphatic rings. The molecule has 1 aromatic carbocycles. The highest BCUT2D eigenvalue weighted by atomic mass is 16.5. The van der Waals surface area contributed by atoms with E-state index in [0.29, 0.717) is 0 Å². The van der Waals surface area contributed by atoms with E-state index in [1.54, 1.807) is 0 Å². The molecule has 1 heterocycles. The molecule has 1 unspecified atom stereocenters. The molecule has 1 saturated heterocycles. The van der Waals surface area contributed by atoms with Crippen LogP contribution in [0.2, 0.25) is 0 Å². The molecule has 1 aliphatic heterocycles. The van der Waals surface area contributed by atoms with Gasteiger partial charge in [-0.25, -0.2) is 0 Å². The third-order valence-corrected chi connectivity index (χ3v) is 3.16. The zero-order valence-corrected chi connectivity index (χ0v) is 10.0. The summed E-state index contributed by atoms with van der Waals surface area (Å²) < 4.78 is 5.36. The lowest BCUT2D eigenvalue weighted by Crippen LogP contribution is -2.18. The Morgan fingerprint density at radius 1 is 1.44 bits per heavy atom. The van der Waals surface area contributed by atoms with Crippen LogP contribution in [-0.2, 0) is 11.3 Å². The third kappa shape index (κ3) is 3.62. The maximum Gasteiger partial charge on any atom is 0.0495 e. The molecule has 16 heavy (non-hydrogen) atoms. The van der Waals surface area contributed by atoms with Crippen LogP contribution in [0, 0.1) is 12.8 Å². The van der Waals surface area contributed by atoms with Crippen molar-refractivity contribution in [1.29, 1.82) is 0 Å². The summed E-state index contributed by atoms with van der Waals surface area (Å²) in [5.41, 5.74) is 2.71. The molecular formula is C14H21NO. The molecule has 0 spiro atoms. The van der Waals surface area contributed by atoms with Crippen LogP contribution in [0.3, 0.4) is 0 Å². The fraction of sp³-hybridized carbons (Fsp3) is 0.571. The summed E-state index contributed by atoms with van der Waals surface area (Å²) in [5.74, 6) is 0.782. The van der Waals surface area contributed by atoms with Crippen molar-refractivity contribution in [1.82, 2.24) is 5.32 Å². The Hall–Kier alpha value is -0.860. The quantitative estimate of drug-likeness (QED) is 0.768. The molecule has 0 radical (unpaired) electrons. The molecule has 88 valence electrons. The van der Waals surface area contributed by atoms with E-state index in [-0.39, 0.29) is 0 Å². The Labute approximate surface area is 98.0 Å². The minimum Gasteiger partial charge on any atom is -0.381 e. The van der Waals surface area contributed by atoms with Gasteiger partial charge in [-0.05, 0) is 37.8 Å². The summed E-state index contributed by atoms with van der Waals surface area (Å²) >= 11 is 0. The van der Waals surface area contributed by atoms with Crippen LogP contribution in [0.5, 0.6) is 0 Å². The van der Waals surface area contributed by atoms with Crippen molar-refractivity contribution in [3.63, 3.8) is 0 Å². The van der Waals surface area contributed by atoms with Crippen molar-refractivity contribution in [3.8, 4) is 0 Å². The molecule has 1 aromatic rings. The molecule has 0 aliphatic carbocycles. The van der Waals surface area contributed by atoms with E-state index in [9.17, 15) is 0 Å². The first-order chi connectivity index (χ1) is 7.84. The van der Waals surface area contributed by atoms with Gasteiger partial charge in [0.25, 0.3) is 0 Å². The monoisotopic (exact) mass is 219 g/mol. The lowest BCUT2D eigenvalue weighted by molar-refractivity contribution is 0.184. The Bertz CT molecular complexity index is 318. The standard InChI is InChI=1S/C14H21NO/c1-12-3-2-4-14(9-12)10-15-7-5-13-6-8-16-11-13/h2-4,9,13,15H,5-8,10-11H2,1H3. The van der Waals surface area contributed by atoms with Gasteiger partial charge in [-0.1, -0.05) is 29.8 Å². The van der Waals surface area contributed by atoms with Crippen molar-refractivity contribution >= 4 is 0 Å². The van der Waals surface area contributed by atoms with E-state index >= 15 is 0 Å². The van der Waals surface area contributed by atoms with Gasteiger partial charge in [-0.15, -0.1) is 0 Å². The first-order valence-corrected chi connectivity index (χ1v) is 6.18. The van der Waals surface area contributed by atoms with Crippen LogP contribution >= 0.6 is 0 Å². The second-order valence-corrected chi connectivity index (χ2v) is 4.68. The molecule has 0 saturated carbocycles. The van der Waals surface area contributed by atoms with Gasteiger partial charge >= 0.3 is 0 Å². The predicted molar refractivity (Wildman–Crippen MR) is 66.4 cm³/mol. The van der Waals surface area contributed by atoms with Gasteiger partial charge < -0.3 is 10.1 Å². The summed E-state index contributed by atoms with van der Waals surface area (Å²) in [6.45, 7) is 6.14. The Morgan fingerprint density at radius 2 is 2.38 bits per heavy atom. The summed E-state index contributed by atoms with van der Waals surface area (Å²) in [7, 11) is 0. The number of benzene rings is 1. The predicted octanol–water partition coefficient (Wildman–Crippen LogP) is 2.51. The largest absolute Gasteiger partial charge is 0.381 e. The van der Waals surface area contributed by atoms with E-state index < -0.39 is 0 Å². The minimum absolute atomic E-state index is 0.782. The molecule has 2 rings (SSSR count). The Balaban J connectivity index is 1.64. The zero-order valence-electron chi connectivity index (χ0n) is 10.0. The van der Waals surface area contributed by atoms with Crippen molar-refractivity contribution < 1.29 is 4.74 Å². The van der Waals surface area contributed by atoms with Crippen LogP contribution < -0.4 is 5.32 Å². The van der Waals surface area contributed by atoms with E-state index in [1.807, 2.05) is 0 Å². The maximum absolute atomic E-state index is 5.36. The molecule has 2 heteroatoms. The summed E-state index contributed by atoms with van der Waals surface area (Å²) in [6, 6.07) is 8.68. The molecule has 0 amide bonds. The highest BCUT2D eigenvalue weighted by molar-refractivity contribution is 5.21. The zero-order chi connectivity index (χ0) is 11.2. The van der Waals surface area contributed by atoms with Crippen molar-refractivity contribution in [3.05, 3.63) is 35.4 Å². The van der Waals surface area contributed by atoms with Crippen LogP contribution in [-0.4, -0.2) is 19.8 Å². The molecule has 0 bridgehead atoms. The lowest BCUT2D eigenvalue weighted by Gasteiger charge is -2.09. The van der Waals surface area contributed by atoms with E-state index in [0.717, 1.165) is 32.2 Å². The van der Waals surface area contributed by atoms with Gasteiger partial charge in [0.05, 0.1) is 0 Å². The average Bonchev–Trinajstić information content (AvgIpc) is 2.77. The Morgan fingerprint density at radius 3 is 3.12 bits per heavy atom. The van der Waals surface area contributed by atoms with E-state index in [4.69, 9.17) is 4.74 Å². The number of hydrogen-bond acceptors (Lipinski definition) is 2. The fourth-order valence-corrected chi connectivity index (χ4v) is 2.17. The minimum atomic E-state index is 0.782. The van der Waals surface area contributed by atoms with Crippen molar-refractivity contribution in [2.24, 2.45) is 5.92 Å². The van der Waals surface area contributed by atoms with Crippen molar-refractivity contribution in [2.75, 3.05) is 19.8 Å². The van der Waals surface area contributed by atoms with Crippen LogP contribution in [0.1, 0.15) is 24.0 Å². The van der Waals surface area contributed by atoms with Gasteiger partial charge in [0.1, 0.15) is 0 Å². The number of ether oxygens (including phenoxy) is 1. The summed E-state index contributed by atoms with van der Waals surface area (Å²) in [5, 5.41) is 3.50. The first kappa shape index (κ1) is 11.6. The smallest absolute Gasteiger partial charge is 0.0495 e. The van der Waals surface area contributed by atoms with E-state index in [2.05, 4.69) is 36.5 Å². The second kappa shape index (κ2) is 6.02. The normalized spacial score (nSPS) is 20.2. The maximum atomic E-state index is 5.36. The second-order valence-electron chi connectivity index (χ2n) is 4.68. The molecule has 2 nitrogen and oxygen atoms in total. The van der Waals surface area contributed by atoms with Crippen LogP contribution in [0.25, 0.3) is 0 Å². The summed E-state index contributed by atoms with van der Waals surface area (Å²) in [6.07, 6.45) is 2.48. The van der Waals surface area contributed by atoms with Gasteiger partial charge in [-0.3, -0.25) is 0 Å². The van der Waals surface area contributed by atoms with E-state index in [1.165, 1.54) is 24.0 Å². The highest BCUT2D eigenvalue weighted by Gasteiger charge is 2.14. The Kier molecular flexibility index (Phi) is 4.37. The van der Waals surface area contributed by atoms with Gasteiger partial charge in [0, 0.05) is 19.8 Å². The molecular weight excluding hydrogens is 198 g/mol. The molecule has 1 atom stereocenters. The SMILES string of the molecule is Cc1cccc(CNCCC2CCOC2)c1. The van der Waals surface area contributed by atoms with Crippen LogP contribution in [0.15, 0.2) is 24.3 Å². The highest BCUT2D eigenvalue weighted by Crippen LogP contribution is 2.15. The van der Waals surface area contributed by atoms with Crippen molar-refractivity contribution in [2.45, 2.75) is 26.3 Å². The number of rotatable bonds is 5. The molecule has 0 aromatic heterocycles. The van der Waals surface area contributed by atoms with Crippen LogP contribution in [0.4, 0.5) is 0 Å². The third-order valence-electron chi connectivity index (χ3n) is 3.16. The first-order valence-electron chi connectivity index (χ1n) is 6.18. The molecule has 1 N–H and O–H groups in total. The van der Waals surface area contributed by atoms with Gasteiger partial charge in [-0.2, -0.15) is 0 Å². The summed E-state index contributed by atoms with van der Waals surface area (Å²) in [4.78, 5) is 0.